The number of nitrogens with one attached hydrogen (secondary N) is 1. The minimum Gasteiger partial charge on any atom is -0.495 e. The van der Waals surface area contributed by atoms with E-state index >= 15 is 0 Å². The second-order valence-corrected chi connectivity index (χ2v) is 11.9. The molecule has 3 aromatic rings. The van der Waals surface area contributed by atoms with Crippen molar-refractivity contribution in [3.05, 3.63) is 79.7 Å². The van der Waals surface area contributed by atoms with Crippen LogP contribution in [0.2, 0.25) is 10.0 Å². The monoisotopic (exact) mass is 657 g/mol. The lowest BCUT2D eigenvalue weighted by molar-refractivity contribution is -0.119. The van der Waals surface area contributed by atoms with Crippen LogP contribution >= 0.6 is 39.1 Å². The molecule has 0 heterocycles. The molecule has 3 rings (SSSR count). The second-order valence-electron chi connectivity index (χ2n) is 8.31. The smallest absolute Gasteiger partial charge is 0.260 e. The van der Waals surface area contributed by atoms with Crippen LogP contribution in [-0.2, 0) is 21.4 Å². The molecule has 0 unspecified atom stereocenters. The molecule has 208 valence electrons. The first-order valence-electron chi connectivity index (χ1n) is 11.3. The van der Waals surface area contributed by atoms with E-state index in [1.807, 2.05) is 6.92 Å². The summed E-state index contributed by atoms with van der Waals surface area (Å²) in [4.78, 5) is 12.6. The molecule has 0 atom stereocenters. The van der Waals surface area contributed by atoms with Gasteiger partial charge in [0, 0.05) is 0 Å². The standard InChI is InChI=1S/C26H26BrCl2N3O6S/c1-16-5-8-23(36-2)22(9-16)32(39(4,34)35)14-25(33)31-30-13-18-10-19(27)26(24(12-18)37-3)38-15-17-6-7-20(28)21(29)11-17/h5-13H,14-15H2,1-4H3,(H,31,33)/b30-13-. The van der Waals surface area contributed by atoms with E-state index in [9.17, 15) is 13.2 Å². The van der Waals surface area contributed by atoms with E-state index in [2.05, 4.69) is 26.5 Å². The Balaban J connectivity index is 1.71. The lowest BCUT2D eigenvalue weighted by Crippen LogP contribution is -2.39. The van der Waals surface area contributed by atoms with Crippen molar-refractivity contribution in [2.45, 2.75) is 13.5 Å². The number of hydrazone groups is 1. The number of methoxy groups -OCH3 is 2. The number of aryl methyl sites for hydroxylation is 1. The van der Waals surface area contributed by atoms with Gasteiger partial charge in [-0.2, -0.15) is 5.10 Å². The molecule has 3 aromatic carbocycles. The van der Waals surface area contributed by atoms with Crippen LogP contribution in [0.15, 0.2) is 58.1 Å². The summed E-state index contributed by atoms with van der Waals surface area (Å²) in [5.74, 6) is 0.557. The van der Waals surface area contributed by atoms with Gasteiger partial charge in [-0.3, -0.25) is 9.10 Å². The highest BCUT2D eigenvalue weighted by atomic mass is 79.9. The first kappa shape index (κ1) is 30.6. The maximum absolute atomic E-state index is 12.6. The molecule has 0 bridgehead atoms. The van der Waals surface area contributed by atoms with Gasteiger partial charge in [0.1, 0.15) is 18.9 Å². The summed E-state index contributed by atoms with van der Waals surface area (Å²) in [6.45, 7) is 1.53. The Bertz CT molecular complexity index is 1500. The maximum Gasteiger partial charge on any atom is 0.260 e. The molecule has 0 saturated carbocycles. The molecule has 0 spiro atoms. The first-order chi connectivity index (χ1) is 18.4. The van der Waals surface area contributed by atoms with Gasteiger partial charge in [-0.15, -0.1) is 0 Å². The van der Waals surface area contributed by atoms with E-state index in [1.165, 1.54) is 20.4 Å². The molecule has 0 aliphatic rings. The molecule has 13 heteroatoms. The zero-order chi connectivity index (χ0) is 28.7. The minimum absolute atomic E-state index is 0.220. The van der Waals surface area contributed by atoms with Crippen LogP contribution in [0.1, 0.15) is 16.7 Å². The van der Waals surface area contributed by atoms with Gasteiger partial charge >= 0.3 is 0 Å². The van der Waals surface area contributed by atoms with Gasteiger partial charge in [-0.05, 0) is 75.9 Å². The third-order valence-electron chi connectivity index (χ3n) is 5.31. The Morgan fingerprint density at radius 2 is 1.77 bits per heavy atom. The highest BCUT2D eigenvalue weighted by Crippen LogP contribution is 2.37. The predicted molar refractivity (Wildman–Crippen MR) is 157 cm³/mol. The number of carbonyl (C=O) groups is 1. The van der Waals surface area contributed by atoms with E-state index < -0.39 is 22.5 Å². The Morgan fingerprint density at radius 3 is 2.41 bits per heavy atom. The van der Waals surface area contributed by atoms with E-state index in [0.717, 1.165) is 21.7 Å². The zero-order valence-corrected chi connectivity index (χ0v) is 25.4. The van der Waals surface area contributed by atoms with Gasteiger partial charge in [0.2, 0.25) is 10.0 Å². The number of nitrogens with zero attached hydrogens (tertiary/aromatic N) is 2. The van der Waals surface area contributed by atoms with Crippen LogP contribution in [0.25, 0.3) is 0 Å². The van der Waals surface area contributed by atoms with Gasteiger partial charge in [0.05, 0.1) is 46.9 Å². The quantitative estimate of drug-likeness (QED) is 0.213. The summed E-state index contributed by atoms with van der Waals surface area (Å²) >= 11 is 15.5. The molecular formula is C26H26BrCl2N3O6S. The molecular weight excluding hydrogens is 633 g/mol. The van der Waals surface area contributed by atoms with Crippen molar-refractivity contribution in [2.75, 3.05) is 31.3 Å². The number of benzene rings is 3. The van der Waals surface area contributed by atoms with Gasteiger partial charge in [0.15, 0.2) is 11.5 Å². The second kappa shape index (κ2) is 13.4. The lowest BCUT2D eigenvalue weighted by atomic mass is 10.2. The molecule has 0 aliphatic heterocycles. The molecule has 0 aliphatic carbocycles. The van der Waals surface area contributed by atoms with E-state index in [4.69, 9.17) is 37.4 Å². The third-order valence-corrected chi connectivity index (χ3v) is 7.77. The number of ether oxygens (including phenoxy) is 3. The van der Waals surface area contributed by atoms with Gasteiger partial charge in [-0.1, -0.05) is 35.3 Å². The van der Waals surface area contributed by atoms with Crippen LogP contribution in [-0.4, -0.2) is 47.6 Å². The van der Waals surface area contributed by atoms with Crippen molar-refractivity contribution in [1.82, 2.24) is 5.43 Å². The predicted octanol–water partition coefficient (Wildman–Crippen LogP) is 5.58. The van der Waals surface area contributed by atoms with E-state index in [0.29, 0.717) is 37.3 Å². The molecule has 0 radical (unpaired) electrons. The highest BCUT2D eigenvalue weighted by Gasteiger charge is 2.24. The number of hydrogen-bond donors (Lipinski definition) is 1. The van der Waals surface area contributed by atoms with Crippen molar-refractivity contribution in [1.29, 1.82) is 0 Å². The molecule has 9 nitrogen and oxygen atoms in total. The number of sulfonamides is 1. The maximum atomic E-state index is 12.6. The van der Waals surface area contributed by atoms with Crippen molar-refractivity contribution < 1.29 is 27.4 Å². The van der Waals surface area contributed by atoms with E-state index in [1.54, 1.807) is 48.5 Å². The largest absolute Gasteiger partial charge is 0.495 e. The number of anilines is 1. The van der Waals surface area contributed by atoms with E-state index in [-0.39, 0.29) is 12.3 Å². The van der Waals surface area contributed by atoms with Crippen molar-refractivity contribution >= 4 is 67.0 Å². The number of hydrogen-bond acceptors (Lipinski definition) is 7. The Hall–Kier alpha value is -2.99. The average Bonchev–Trinajstić information content (AvgIpc) is 2.87. The van der Waals surface area contributed by atoms with Crippen molar-refractivity contribution in [3.63, 3.8) is 0 Å². The fourth-order valence-electron chi connectivity index (χ4n) is 3.46. The minimum atomic E-state index is -3.80. The first-order valence-corrected chi connectivity index (χ1v) is 14.7. The SMILES string of the molecule is COc1ccc(C)cc1N(CC(=O)N/N=C\c1cc(Br)c(OCc2ccc(Cl)c(Cl)c2)c(OC)c1)S(C)(=O)=O. The number of amides is 1. The fraction of sp³-hybridized carbons (Fsp3) is 0.231. The zero-order valence-electron chi connectivity index (χ0n) is 21.5. The third kappa shape index (κ3) is 8.25. The van der Waals surface area contributed by atoms with Crippen LogP contribution in [0.5, 0.6) is 17.2 Å². The van der Waals surface area contributed by atoms with Crippen LogP contribution in [0, 0.1) is 6.92 Å². The summed E-state index contributed by atoms with van der Waals surface area (Å²) in [5.41, 5.74) is 4.82. The average molecular weight is 659 g/mol. The summed E-state index contributed by atoms with van der Waals surface area (Å²) in [6.07, 6.45) is 2.41. The summed E-state index contributed by atoms with van der Waals surface area (Å²) in [7, 11) is -0.878. The molecule has 0 fully saturated rings. The highest BCUT2D eigenvalue weighted by molar-refractivity contribution is 9.10. The number of halogens is 3. The van der Waals surface area contributed by atoms with Crippen molar-refractivity contribution in [3.8, 4) is 17.2 Å². The van der Waals surface area contributed by atoms with Crippen LogP contribution < -0.4 is 23.9 Å². The van der Waals surface area contributed by atoms with Gasteiger partial charge in [0.25, 0.3) is 5.91 Å². The Kier molecular flexibility index (Phi) is 10.5. The van der Waals surface area contributed by atoms with Gasteiger partial charge < -0.3 is 14.2 Å². The molecule has 1 amide bonds. The summed E-state index contributed by atoms with van der Waals surface area (Å²) in [6, 6.07) is 13.7. The Labute approximate surface area is 245 Å². The molecule has 1 N–H and O–H groups in total. The Morgan fingerprint density at radius 1 is 1.05 bits per heavy atom. The summed E-state index contributed by atoms with van der Waals surface area (Å²) < 4.78 is 43.1. The normalized spacial score (nSPS) is 11.4. The van der Waals surface area contributed by atoms with Crippen LogP contribution in [0.4, 0.5) is 5.69 Å². The molecule has 39 heavy (non-hydrogen) atoms. The summed E-state index contributed by atoms with van der Waals surface area (Å²) in [5, 5.41) is 4.85. The molecule has 0 saturated heterocycles. The van der Waals surface area contributed by atoms with Crippen LogP contribution in [0.3, 0.4) is 0 Å². The number of carbonyl (C=O) groups excluding carboxylic acids is 1. The topological polar surface area (TPSA) is 107 Å². The van der Waals surface area contributed by atoms with Gasteiger partial charge in [-0.25, -0.2) is 13.8 Å². The number of rotatable bonds is 11. The molecule has 0 aromatic heterocycles. The lowest BCUT2D eigenvalue weighted by Gasteiger charge is -2.23. The van der Waals surface area contributed by atoms with Crippen molar-refractivity contribution in [2.24, 2.45) is 5.10 Å². The fourth-order valence-corrected chi connectivity index (χ4v) is 5.21.